The van der Waals surface area contributed by atoms with Crippen molar-refractivity contribution in [1.29, 1.82) is 0 Å². The van der Waals surface area contributed by atoms with Crippen molar-refractivity contribution >= 4 is 55.4 Å². The van der Waals surface area contributed by atoms with Gasteiger partial charge < -0.3 is 9.47 Å². The van der Waals surface area contributed by atoms with Crippen LogP contribution < -0.4 is 9.47 Å². The molecule has 134 valence electrons. The van der Waals surface area contributed by atoms with E-state index in [0.29, 0.717) is 0 Å². The molecule has 26 heavy (non-hydrogen) atoms. The zero-order valence-electron chi connectivity index (χ0n) is 14.2. The van der Waals surface area contributed by atoms with Crippen LogP contribution in [0.1, 0.15) is 0 Å². The van der Waals surface area contributed by atoms with E-state index in [0.717, 1.165) is 40.0 Å². The maximum Gasteiger partial charge on any atom is 0.119 e. The summed E-state index contributed by atoms with van der Waals surface area (Å²) in [5, 5.41) is 0. The molecule has 3 aromatic carbocycles. The lowest BCUT2D eigenvalue weighted by molar-refractivity contribution is 0.413. The highest BCUT2D eigenvalue weighted by atomic mass is 79.9. The molecule has 6 heteroatoms. The lowest BCUT2D eigenvalue weighted by Gasteiger charge is -2.14. The van der Waals surface area contributed by atoms with Crippen LogP contribution >= 0.6 is 55.4 Å². The minimum Gasteiger partial charge on any atom is -0.497 e. The van der Waals surface area contributed by atoms with Crippen LogP contribution in [-0.4, -0.2) is 14.2 Å². The molecule has 2 nitrogen and oxygen atoms in total. The van der Waals surface area contributed by atoms with Crippen molar-refractivity contribution in [3.63, 3.8) is 0 Å². The van der Waals surface area contributed by atoms with E-state index in [1.165, 1.54) is 0 Å². The van der Waals surface area contributed by atoms with Crippen LogP contribution in [0.2, 0.25) is 0 Å². The SMILES string of the molecule is COc1cccc(Sc2c(Br)ccc(Br)c2Sc2cccc(OC)c2)c1. The Kier molecular flexibility index (Phi) is 6.98. The monoisotopic (exact) mass is 510 g/mol. The summed E-state index contributed by atoms with van der Waals surface area (Å²) < 4.78 is 12.8. The van der Waals surface area contributed by atoms with Crippen LogP contribution in [0.3, 0.4) is 0 Å². The van der Waals surface area contributed by atoms with Crippen molar-refractivity contribution in [3.05, 3.63) is 69.6 Å². The Morgan fingerprint density at radius 1 is 0.654 bits per heavy atom. The molecule has 0 spiro atoms. The molecule has 3 rings (SSSR count). The van der Waals surface area contributed by atoms with E-state index < -0.39 is 0 Å². The highest BCUT2D eigenvalue weighted by Gasteiger charge is 2.15. The topological polar surface area (TPSA) is 18.5 Å². The second-order valence-corrected chi connectivity index (χ2v) is 9.13. The first-order chi connectivity index (χ1) is 12.6. The Balaban J connectivity index is 1.98. The number of benzene rings is 3. The smallest absolute Gasteiger partial charge is 0.119 e. The zero-order chi connectivity index (χ0) is 18.5. The van der Waals surface area contributed by atoms with Gasteiger partial charge in [-0.3, -0.25) is 0 Å². The second kappa shape index (κ2) is 9.22. The van der Waals surface area contributed by atoms with E-state index in [1.807, 2.05) is 36.4 Å². The lowest BCUT2D eigenvalue weighted by Crippen LogP contribution is -1.87. The third-order valence-electron chi connectivity index (χ3n) is 3.54. The molecule has 0 heterocycles. The molecule has 0 saturated carbocycles. The van der Waals surface area contributed by atoms with Gasteiger partial charge in [0.05, 0.1) is 14.2 Å². The third-order valence-corrected chi connectivity index (χ3v) is 7.75. The average molecular weight is 512 g/mol. The molecular weight excluding hydrogens is 496 g/mol. The Morgan fingerprint density at radius 3 is 1.46 bits per heavy atom. The summed E-state index contributed by atoms with van der Waals surface area (Å²) in [6, 6.07) is 20.3. The highest BCUT2D eigenvalue weighted by molar-refractivity contribution is 9.11. The van der Waals surface area contributed by atoms with Crippen molar-refractivity contribution in [3.8, 4) is 11.5 Å². The standard InChI is InChI=1S/C20H16Br2O2S2/c1-23-13-5-3-7-15(11-13)25-19-17(21)9-10-18(22)20(19)26-16-8-4-6-14(12-16)24-2/h3-12H,1-2H3. The van der Waals surface area contributed by atoms with Crippen LogP contribution in [0.4, 0.5) is 0 Å². The van der Waals surface area contributed by atoms with Crippen molar-refractivity contribution in [2.75, 3.05) is 14.2 Å². The fourth-order valence-corrected chi connectivity index (χ4v) is 5.78. The Hall–Kier alpha value is -1.08. The number of hydrogen-bond acceptors (Lipinski definition) is 4. The largest absolute Gasteiger partial charge is 0.497 e. The average Bonchev–Trinajstić information content (AvgIpc) is 2.67. The van der Waals surface area contributed by atoms with Gasteiger partial charge in [0.25, 0.3) is 0 Å². The summed E-state index contributed by atoms with van der Waals surface area (Å²) in [6.07, 6.45) is 0. The Labute approximate surface area is 178 Å². The van der Waals surface area contributed by atoms with Crippen LogP contribution in [0.15, 0.2) is 89.2 Å². The summed E-state index contributed by atoms with van der Waals surface area (Å²) in [4.78, 5) is 4.55. The second-order valence-electron chi connectivity index (χ2n) is 5.25. The van der Waals surface area contributed by atoms with E-state index in [2.05, 4.69) is 56.1 Å². The van der Waals surface area contributed by atoms with Gasteiger partial charge in [-0.15, -0.1) is 0 Å². The molecule has 0 fully saturated rings. The number of halogens is 2. The number of methoxy groups -OCH3 is 2. The minimum atomic E-state index is 0.850. The molecule has 0 aliphatic carbocycles. The van der Waals surface area contributed by atoms with Gasteiger partial charge in [-0.1, -0.05) is 35.7 Å². The maximum atomic E-state index is 5.34. The van der Waals surface area contributed by atoms with Gasteiger partial charge in [-0.2, -0.15) is 0 Å². The van der Waals surface area contributed by atoms with Gasteiger partial charge in [0.15, 0.2) is 0 Å². The first-order valence-corrected chi connectivity index (χ1v) is 10.9. The predicted octanol–water partition coefficient (Wildman–Crippen LogP) is 7.53. The minimum absolute atomic E-state index is 0.850. The Morgan fingerprint density at radius 2 is 1.08 bits per heavy atom. The highest BCUT2D eigenvalue weighted by Crippen LogP contribution is 2.46. The quantitative estimate of drug-likeness (QED) is 0.340. The molecule has 0 bridgehead atoms. The van der Waals surface area contributed by atoms with Crippen LogP contribution in [0.5, 0.6) is 11.5 Å². The molecule has 0 N–H and O–H groups in total. The van der Waals surface area contributed by atoms with Crippen LogP contribution in [0.25, 0.3) is 0 Å². The molecule has 0 aliphatic rings. The van der Waals surface area contributed by atoms with E-state index >= 15 is 0 Å². The number of ether oxygens (including phenoxy) is 2. The molecule has 0 unspecified atom stereocenters. The van der Waals surface area contributed by atoms with Gasteiger partial charge >= 0.3 is 0 Å². The van der Waals surface area contributed by atoms with Gasteiger partial charge in [0.2, 0.25) is 0 Å². The zero-order valence-corrected chi connectivity index (χ0v) is 19.0. The van der Waals surface area contributed by atoms with Crippen LogP contribution in [0, 0.1) is 0 Å². The van der Waals surface area contributed by atoms with Gasteiger partial charge in [-0.05, 0) is 80.4 Å². The molecule has 0 atom stereocenters. The van der Waals surface area contributed by atoms with Crippen molar-refractivity contribution in [1.82, 2.24) is 0 Å². The number of rotatable bonds is 6. The van der Waals surface area contributed by atoms with Gasteiger partial charge in [0, 0.05) is 28.5 Å². The van der Waals surface area contributed by atoms with E-state index in [4.69, 9.17) is 9.47 Å². The lowest BCUT2D eigenvalue weighted by atomic mass is 10.3. The maximum absolute atomic E-state index is 5.34. The predicted molar refractivity (Wildman–Crippen MR) is 116 cm³/mol. The molecule has 0 amide bonds. The summed E-state index contributed by atoms with van der Waals surface area (Å²) in [7, 11) is 3.37. The number of hydrogen-bond donors (Lipinski definition) is 0. The van der Waals surface area contributed by atoms with Gasteiger partial charge in [0.1, 0.15) is 11.5 Å². The molecule has 0 aromatic heterocycles. The van der Waals surface area contributed by atoms with Crippen molar-refractivity contribution < 1.29 is 9.47 Å². The summed E-state index contributed by atoms with van der Waals surface area (Å²) in [5.74, 6) is 1.70. The van der Waals surface area contributed by atoms with E-state index in [9.17, 15) is 0 Å². The fourth-order valence-electron chi connectivity index (χ4n) is 2.27. The Bertz CT molecular complexity index is 842. The van der Waals surface area contributed by atoms with E-state index in [1.54, 1.807) is 37.7 Å². The first kappa shape index (κ1) is 19.7. The molecule has 0 aliphatic heterocycles. The fraction of sp³-hybridized carbons (Fsp3) is 0.100. The first-order valence-electron chi connectivity index (χ1n) is 7.72. The van der Waals surface area contributed by atoms with Crippen LogP contribution in [-0.2, 0) is 0 Å². The molecule has 0 saturated heterocycles. The summed E-state index contributed by atoms with van der Waals surface area (Å²) in [6.45, 7) is 0. The van der Waals surface area contributed by atoms with Crippen molar-refractivity contribution in [2.24, 2.45) is 0 Å². The summed E-state index contributed by atoms with van der Waals surface area (Å²) >= 11 is 10.8. The third kappa shape index (κ3) is 4.80. The summed E-state index contributed by atoms with van der Waals surface area (Å²) in [5.41, 5.74) is 0. The normalized spacial score (nSPS) is 10.6. The van der Waals surface area contributed by atoms with Crippen molar-refractivity contribution in [2.45, 2.75) is 19.6 Å². The molecular formula is C20H16Br2O2S2. The molecule has 0 radical (unpaired) electrons. The van der Waals surface area contributed by atoms with Gasteiger partial charge in [-0.25, -0.2) is 0 Å². The molecule has 3 aromatic rings. The van der Waals surface area contributed by atoms with E-state index in [-0.39, 0.29) is 0 Å².